The quantitative estimate of drug-likeness (QED) is 0.683. The van der Waals surface area contributed by atoms with E-state index >= 15 is 0 Å². The fourth-order valence-electron chi connectivity index (χ4n) is 3.89. The lowest BCUT2D eigenvalue weighted by Gasteiger charge is -2.32. The molecule has 0 spiro atoms. The molecule has 4 rings (SSSR count). The second-order valence-corrected chi connectivity index (χ2v) is 7.01. The van der Waals surface area contributed by atoms with Gasteiger partial charge >= 0.3 is 0 Å². The summed E-state index contributed by atoms with van der Waals surface area (Å²) in [5, 5.41) is 4.38. The third kappa shape index (κ3) is 3.40. The molecule has 0 N–H and O–H groups in total. The first kappa shape index (κ1) is 18.3. The Morgan fingerprint density at radius 3 is 3.00 bits per heavy atom. The van der Waals surface area contributed by atoms with E-state index < -0.39 is 0 Å². The lowest BCUT2D eigenvalue weighted by molar-refractivity contribution is 0.0703. The lowest BCUT2D eigenvalue weighted by Crippen LogP contribution is -2.39. The number of benzene rings is 1. The van der Waals surface area contributed by atoms with Gasteiger partial charge in [-0.05, 0) is 31.9 Å². The monoisotopic (exact) mass is 379 g/mol. The number of hydrogen-bond acceptors (Lipinski definition) is 4. The van der Waals surface area contributed by atoms with Gasteiger partial charge in [-0.25, -0.2) is 9.67 Å². The highest BCUT2D eigenvalue weighted by Crippen LogP contribution is 2.27. The largest absolute Gasteiger partial charge is 0.494 e. The van der Waals surface area contributed by atoms with Crippen molar-refractivity contribution in [2.45, 2.75) is 32.2 Å². The van der Waals surface area contributed by atoms with Crippen molar-refractivity contribution < 1.29 is 9.53 Å². The van der Waals surface area contributed by atoms with Crippen molar-refractivity contribution in [1.29, 1.82) is 0 Å². The number of hydrogen-bond donors (Lipinski definition) is 0. The van der Waals surface area contributed by atoms with E-state index in [0.29, 0.717) is 17.9 Å². The van der Waals surface area contributed by atoms with E-state index in [2.05, 4.69) is 21.6 Å². The van der Waals surface area contributed by atoms with Gasteiger partial charge in [-0.2, -0.15) is 5.10 Å². The predicted molar refractivity (Wildman–Crippen MR) is 106 cm³/mol. The number of carbonyl (C=O) groups excluding carboxylic acids is 1. The number of likely N-dealkylation sites (tertiary alicyclic amines) is 1. The Hall–Kier alpha value is -3.09. The van der Waals surface area contributed by atoms with E-state index in [1.807, 2.05) is 41.6 Å². The average molecular weight is 379 g/mol. The molecule has 28 heavy (non-hydrogen) atoms. The Morgan fingerprint density at radius 1 is 1.32 bits per heavy atom. The van der Waals surface area contributed by atoms with E-state index in [4.69, 9.17) is 4.74 Å². The van der Waals surface area contributed by atoms with Gasteiger partial charge in [0.15, 0.2) is 0 Å². The topological polar surface area (TPSA) is 65.2 Å². The summed E-state index contributed by atoms with van der Waals surface area (Å²) in [7, 11) is 1.63. The van der Waals surface area contributed by atoms with Crippen LogP contribution in [0.5, 0.6) is 5.75 Å². The number of carbonyl (C=O) groups is 1. The van der Waals surface area contributed by atoms with Gasteiger partial charge in [-0.1, -0.05) is 12.1 Å². The Kier molecular flexibility index (Phi) is 5.14. The summed E-state index contributed by atoms with van der Waals surface area (Å²) < 4.78 is 9.25. The van der Waals surface area contributed by atoms with Gasteiger partial charge in [-0.15, -0.1) is 0 Å². The summed E-state index contributed by atoms with van der Waals surface area (Å²) in [5.74, 6) is 2.08. The van der Waals surface area contributed by atoms with Gasteiger partial charge in [-0.3, -0.25) is 4.79 Å². The predicted octanol–water partition coefficient (Wildman–Crippen LogP) is 3.12. The van der Waals surface area contributed by atoms with E-state index in [-0.39, 0.29) is 11.8 Å². The van der Waals surface area contributed by atoms with Crippen molar-refractivity contribution in [2.24, 2.45) is 0 Å². The molecule has 1 aromatic carbocycles. The van der Waals surface area contributed by atoms with Crippen molar-refractivity contribution >= 4 is 5.91 Å². The standard InChI is InChI=1S/C21H25N5O2/c1-3-24-12-10-22-20(24)16-7-6-11-25(14-16)21(27)17-13-23-26(15-17)18-8-4-5-9-19(18)28-2/h4-5,8-10,12-13,15-16H,3,6-7,11,14H2,1-2H3/t16-/m0/s1. The Bertz CT molecular complexity index is 961. The minimum atomic E-state index is 0.0143. The van der Waals surface area contributed by atoms with E-state index in [1.165, 1.54) is 0 Å². The van der Waals surface area contributed by atoms with Crippen LogP contribution < -0.4 is 4.74 Å². The highest BCUT2D eigenvalue weighted by atomic mass is 16.5. The van der Waals surface area contributed by atoms with Crippen LogP contribution in [0.1, 0.15) is 41.9 Å². The molecule has 1 atom stereocenters. The third-order valence-corrected chi connectivity index (χ3v) is 5.32. The number of para-hydroxylation sites is 2. The smallest absolute Gasteiger partial charge is 0.257 e. The van der Waals surface area contributed by atoms with Crippen molar-refractivity contribution in [3.05, 3.63) is 60.4 Å². The number of methoxy groups -OCH3 is 1. The number of nitrogens with zero attached hydrogens (tertiary/aromatic N) is 5. The molecule has 0 aliphatic carbocycles. The Labute approximate surface area is 164 Å². The zero-order valence-electron chi connectivity index (χ0n) is 16.3. The van der Waals surface area contributed by atoms with Crippen LogP contribution in [0.3, 0.4) is 0 Å². The second-order valence-electron chi connectivity index (χ2n) is 7.01. The molecule has 0 saturated carbocycles. The molecule has 1 fully saturated rings. The van der Waals surface area contributed by atoms with Gasteiger partial charge in [0.25, 0.3) is 5.91 Å². The molecule has 0 unspecified atom stereocenters. The number of rotatable bonds is 5. The van der Waals surface area contributed by atoms with Crippen LogP contribution in [-0.4, -0.2) is 50.3 Å². The van der Waals surface area contributed by atoms with E-state index in [0.717, 1.165) is 37.4 Å². The summed E-state index contributed by atoms with van der Waals surface area (Å²) in [6.07, 6.45) is 9.29. The second kappa shape index (κ2) is 7.88. The molecule has 146 valence electrons. The highest BCUT2D eigenvalue weighted by molar-refractivity contribution is 5.94. The first-order valence-electron chi connectivity index (χ1n) is 9.69. The van der Waals surface area contributed by atoms with Gasteiger partial charge in [0.1, 0.15) is 17.3 Å². The summed E-state index contributed by atoms with van der Waals surface area (Å²) in [6.45, 7) is 4.46. The molecule has 1 saturated heterocycles. The van der Waals surface area contributed by atoms with E-state index in [1.54, 1.807) is 24.2 Å². The molecular formula is C21H25N5O2. The molecule has 1 amide bonds. The third-order valence-electron chi connectivity index (χ3n) is 5.32. The fourth-order valence-corrected chi connectivity index (χ4v) is 3.89. The van der Waals surface area contributed by atoms with Gasteiger partial charge in [0, 0.05) is 44.1 Å². The SMILES string of the molecule is CCn1ccnc1[C@H]1CCCN(C(=O)c2cnn(-c3ccccc3OC)c2)C1. The van der Waals surface area contributed by atoms with Crippen LogP contribution in [0.15, 0.2) is 49.1 Å². The van der Waals surface area contributed by atoms with Crippen molar-refractivity contribution in [2.75, 3.05) is 20.2 Å². The zero-order valence-corrected chi connectivity index (χ0v) is 16.3. The Morgan fingerprint density at radius 2 is 2.18 bits per heavy atom. The maximum atomic E-state index is 13.1. The zero-order chi connectivity index (χ0) is 19.5. The number of ether oxygens (including phenoxy) is 1. The molecule has 2 aromatic heterocycles. The van der Waals surface area contributed by atoms with Crippen LogP contribution in [0.25, 0.3) is 5.69 Å². The highest BCUT2D eigenvalue weighted by Gasteiger charge is 2.28. The maximum absolute atomic E-state index is 13.1. The van der Waals surface area contributed by atoms with Crippen molar-refractivity contribution in [1.82, 2.24) is 24.2 Å². The molecule has 7 nitrogen and oxygen atoms in total. The number of aryl methyl sites for hydroxylation is 1. The van der Waals surface area contributed by atoms with Gasteiger partial charge < -0.3 is 14.2 Å². The first-order chi connectivity index (χ1) is 13.7. The molecular weight excluding hydrogens is 354 g/mol. The van der Waals surface area contributed by atoms with Gasteiger partial charge in [0.05, 0.1) is 18.9 Å². The molecule has 3 aromatic rings. The molecule has 3 heterocycles. The Balaban J connectivity index is 1.52. The van der Waals surface area contributed by atoms with Crippen LogP contribution in [-0.2, 0) is 6.54 Å². The summed E-state index contributed by atoms with van der Waals surface area (Å²) >= 11 is 0. The number of aromatic nitrogens is 4. The maximum Gasteiger partial charge on any atom is 0.257 e. The van der Waals surface area contributed by atoms with Crippen molar-refractivity contribution in [3.63, 3.8) is 0 Å². The minimum Gasteiger partial charge on any atom is -0.494 e. The number of amides is 1. The van der Waals surface area contributed by atoms with Crippen LogP contribution in [0.2, 0.25) is 0 Å². The molecule has 0 radical (unpaired) electrons. The molecule has 1 aliphatic rings. The number of imidazole rings is 1. The molecule has 0 bridgehead atoms. The first-order valence-corrected chi connectivity index (χ1v) is 9.69. The summed E-state index contributed by atoms with van der Waals surface area (Å²) in [6, 6.07) is 7.63. The molecule has 7 heteroatoms. The van der Waals surface area contributed by atoms with Crippen LogP contribution in [0.4, 0.5) is 0 Å². The van der Waals surface area contributed by atoms with Crippen LogP contribution >= 0.6 is 0 Å². The average Bonchev–Trinajstić information content (AvgIpc) is 3.43. The summed E-state index contributed by atoms with van der Waals surface area (Å²) in [5.41, 5.74) is 1.40. The number of piperidine rings is 1. The lowest BCUT2D eigenvalue weighted by atomic mass is 9.96. The minimum absolute atomic E-state index is 0.0143. The normalized spacial score (nSPS) is 16.9. The van der Waals surface area contributed by atoms with Crippen molar-refractivity contribution in [3.8, 4) is 11.4 Å². The molecule has 1 aliphatic heterocycles. The van der Waals surface area contributed by atoms with E-state index in [9.17, 15) is 4.79 Å². The summed E-state index contributed by atoms with van der Waals surface area (Å²) in [4.78, 5) is 19.5. The van der Waals surface area contributed by atoms with Crippen LogP contribution in [0, 0.1) is 0 Å². The fraction of sp³-hybridized carbons (Fsp3) is 0.381. The van der Waals surface area contributed by atoms with Gasteiger partial charge in [0.2, 0.25) is 0 Å².